The van der Waals surface area contributed by atoms with Gasteiger partial charge in [-0.1, -0.05) is 71.1 Å². The van der Waals surface area contributed by atoms with Gasteiger partial charge in [-0.05, 0) is 119 Å². The van der Waals surface area contributed by atoms with E-state index < -0.39 is 108 Å². The number of piperidine rings is 1. The third-order valence-electron chi connectivity index (χ3n) is 21.4. The molecule has 2 bridgehead atoms. The van der Waals surface area contributed by atoms with E-state index in [1.54, 1.807) is 53.5 Å². The van der Waals surface area contributed by atoms with E-state index >= 15 is 0 Å². The number of esters is 1. The second-order valence-electron chi connectivity index (χ2n) is 29.0. The molecule has 7 heterocycles. The third-order valence-corrected chi connectivity index (χ3v) is 21.4. The first-order valence-electron chi connectivity index (χ1n) is 36.7. The number of alkyl carbamates (subject to hydrolysis) is 1. The number of allylic oxidation sites excluding steroid dienone is 5. The second kappa shape index (κ2) is 38.8. The molecule has 1 aliphatic carbocycles. The second-order valence-corrected chi connectivity index (χ2v) is 29.0. The Bertz CT molecular complexity index is 3140. The van der Waals surface area contributed by atoms with Gasteiger partial charge in [0.2, 0.25) is 23.6 Å². The summed E-state index contributed by atoms with van der Waals surface area (Å²) in [6, 6.07) is -1.15. The van der Waals surface area contributed by atoms with Gasteiger partial charge in [0.15, 0.2) is 5.78 Å². The summed E-state index contributed by atoms with van der Waals surface area (Å²) in [5, 5.41) is 37.8. The lowest BCUT2D eigenvalue weighted by atomic mass is 9.78. The Balaban J connectivity index is 0.853. The van der Waals surface area contributed by atoms with E-state index in [4.69, 9.17) is 33.2 Å². The number of aliphatic hydroxyl groups excluding tert-OH is 2. The van der Waals surface area contributed by atoms with Gasteiger partial charge in [-0.25, -0.2) is 29.5 Å². The fourth-order valence-electron chi connectivity index (χ4n) is 14.9. The van der Waals surface area contributed by atoms with Crippen molar-refractivity contribution >= 4 is 47.3 Å². The molecule has 101 heavy (non-hydrogen) atoms. The van der Waals surface area contributed by atoms with E-state index in [0.29, 0.717) is 127 Å². The molecule has 5 aliphatic heterocycles. The van der Waals surface area contributed by atoms with Crippen molar-refractivity contribution in [1.29, 1.82) is 0 Å². The predicted octanol–water partition coefficient (Wildman–Crippen LogP) is 6.67. The van der Waals surface area contributed by atoms with Crippen molar-refractivity contribution in [3.63, 3.8) is 0 Å². The zero-order valence-corrected chi connectivity index (χ0v) is 61.5. The minimum absolute atomic E-state index is 0.0275. The molecular formula is C75H114N10O16. The highest BCUT2D eigenvalue weighted by Gasteiger charge is 2.53. The molecule has 1 saturated carbocycles. The number of cyclic esters (lactones) is 1. The molecule has 26 nitrogen and oxygen atoms in total. The smallest absolute Gasteiger partial charge is 0.407 e. The van der Waals surface area contributed by atoms with E-state index in [1.807, 2.05) is 87.2 Å². The van der Waals surface area contributed by atoms with Gasteiger partial charge in [-0.15, -0.1) is 0 Å². The van der Waals surface area contributed by atoms with Gasteiger partial charge in [0.25, 0.3) is 11.7 Å². The number of aromatic nitrogens is 4. The molecule has 5 fully saturated rings. The minimum atomic E-state index is -2.46. The average Bonchev–Trinajstić information content (AvgIpc) is 0.773. The van der Waals surface area contributed by atoms with Gasteiger partial charge in [-0.3, -0.25) is 24.1 Å². The highest BCUT2D eigenvalue weighted by molar-refractivity contribution is 6.39. The van der Waals surface area contributed by atoms with E-state index in [0.717, 1.165) is 49.8 Å². The summed E-state index contributed by atoms with van der Waals surface area (Å²) in [6.45, 7) is 22.5. The standard InChI is InChI=1S/C75H114N10O16/c1-48-17-13-12-14-18-50(3)61(95-9)41-58-22-20-55(8)75(94,101-58)69(90)70(91)85-25-16-15-19-59(85)71(92)99-63(42-62(96-10)51(4)38-54(7)67(88)68(89)66(87)53(6)37-48)52(5)39-56-21-23-60(64(40-56)97-11)100-74(93)80-47-57-45-78-73(79-46-57)84-32-30-82(31-33-84)65(86)24-35-98-36-34-81-26-28-83(29-27-81)72-76-43-49(2)44-77-72/h12-14,17-18,38,43-46,48,51-53,55-56,58-64,67-68,88-89,94H,15-16,19-37,39-42,47H2,1-11H3,(H,80,93)/b14-12+,17-13+,50-18+,54-38+/t48-,51-,52-,53?,55-,56?,58+,59+,60-,61+,62-,63+,64-,67-,68+,75-/m1/s1. The van der Waals surface area contributed by atoms with Crippen LogP contribution in [0.2, 0.25) is 0 Å². The van der Waals surface area contributed by atoms with Crippen LogP contribution in [-0.4, -0.2) is 246 Å². The fraction of sp³-hybridized carbons (Fsp3) is 0.707. The molecule has 4 N–H and O–H groups in total. The van der Waals surface area contributed by atoms with Gasteiger partial charge in [0, 0.05) is 154 Å². The molecule has 0 aromatic carbocycles. The number of anilines is 2. The van der Waals surface area contributed by atoms with Gasteiger partial charge in [-0.2, -0.15) is 0 Å². The number of hydrogen-bond acceptors (Lipinski definition) is 23. The highest BCUT2D eigenvalue weighted by Crippen LogP contribution is 2.39. The zero-order chi connectivity index (χ0) is 72.9. The summed E-state index contributed by atoms with van der Waals surface area (Å²) in [7, 11) is 4.69. The Morgan fingerprint density at radius 1 is 0.713 bits per heavy atom. The van der Waals surface area contributed by atoms with Crippen LogP contribution in [0, 0.1) is 42.4 Å². The number of ketones is 2. The van der Waals surface area contributed by atoms with Crippen LogP contribution in [0.3, 0.4) is 0 Å². The molecule has 2 unspecified atom stereocenters. The van der Waals surface area contributed by atoms with Crippen LogP contribution in [0.5, 0.6) is 0 Å². The molecule has 560 valence electrons. The predicted molar refractivity (Wildman–Crippen MR) is 379 cm³/mol. The Labute approximate surface area is 597 Å². The molecule has 2 aromatic rings. The molecule has 3 amide bonds. The van der Waals surface area contributed by atoms with Crippen molar-refractivity contribution in [3.05, 3.63) is 83.5 Å². The molecule has 0 spiro atoms. The first kappa shape index (κ1) is 80.1. The maximum atomic E-state index is 14.9. The normalized spacial score (nSPS) is 32.9. The summed E-state index contributed by atoms with van der Waals surface area (Å²) >= 11 is 0. The number of carbonyl (C=O) groups is 6. The fourth-order valence-corrected chi connectivity index (χ4v) is 14.9. The van der Waals surface area contributed by atoms with E-state index in [-0.39, 0.29) is 49.6 Å². The molecule has 0 radical (unpaired) electrons. The number of Topliss-reactive ketones (excluding diaryl/α,β-unsaturated/α-hetero) is 2. The summed E-state index contributed by atoms with van der Waals surface area (Å²) < 4.78 is 42.7. The Morgan fingerprint density at radius 2 is 1.39 bits per heavy atom. The van der Waals surface area contributed by atoms with Crippen LogP contribution in [-0.2, 0) is 63.7 Å². The number of fused-ring (bicyclic) bond motifs is 3. The number of ether oxygens (including phenoxy) is 7. The summed E-state index contributed by atoms with van der Waals surface area (Å²) in [5.41, 5.74) is 2.93. The zero-order valence-electron chi connectivity index (χ0n) is 61.5. The lowest BCUT2D eigenvalue weighted by Gasteiger charge is -2.43. The number of carbonyl (C=O) groups excluding carboxylic acids is 6. The van der Waals surface area contributed by atoms with E-state index in [1.165, 1.54) is 12.0 Å². The number of aryl methyl sites for hydroxylation is 1. The Morgan fingerprint density at radius 3 is 2.06 bits per heavy atom. The lowest BCUT2D eigenvalue weighted by molar-refractivity contribution is -0.265. The SMILES string of the molecule is CO[C@H]1C[C@@H]2CC[C@@H](C)[C@@](O)(O2)C(=O)C(=O)N2CCCC[C@H]2C(=O)O[C@H]([C@H](C)CC2CC[C@@H](OC(=O)NCc3cnc(N4CCN(C(=O)CCOCCN5CCN(c6ncc(C)cn6)CC5)CC4)nc3)[C@H](OC)C2)C[C@@H](OC)[C@H](C)/C=C(\C)[C@@H](O)[C@@H](O)C(=O)C(C)C[C@H](C)/C=C/C=C/C=C/1C. The minimum Gasteiger partial charge on any atom is -0.460 e. The Kier molecular flexibility index (Phi) is 30.7. The molecule has 6 aliphatic rings. The topological polar surface area (TPSA) is 308 Å². The molecule has 16 atom stereocenters. The number of nitrogens with one attached hydrogen (secondary N) is 1. The first-order chi connectivity index (χ1) is 48.4. The molecule has 4 saturated heterocycles. The third kappa shape index (κ3) is 22.4. The van der Waals surface area contributed by atoms with Gasteiger partial charge < -0.3 is 73.4 Å². The quantitative estimate of drug-likeness (QED) is 0.0556. The van der Waals surface area contributed by atoms with Crippen molar-refractivity contribution < 1.29 is 77.2 Å². The van der Waals surface area contributed by atoms with Gasteiger partial charge in [0.05, 0.1) is 44.1 Å². The number of aliphatic hydroxyl groups is 3. The van der Waals surface area contributed by atoms with Crippen molar-refractivity contribution in [2.24, 2.45) is 35.5 Å². The summed E-state index contributed by atoms with van der Waals surface area (Å²) in [4.78, 5) is 112. The van der Waals surface area contributed by atoms with Crippen molar-refractivity contribution in [2.75, 3.05) is 110 Å². The lowest BCUT2D eigenvalue weighted by Crippen LogP contribution is -2.61. The summed E-state index contributed by atoms with van der Waals surface area (Å²) in [6.07, 6.45) is 16.5. The van der Waals surface area contributed by atoms with Crippen LogP contribution in [0.1, 0.15) is 143 Å². The Hall–Kier alpha value is -6.62. The van der Waals surface area contributed by atoms with Crippen LogP contribution in [0.25, 0.3) is 0 Å². The number of nitrogens with zero attached hydrogens (tertiary/aromatic N) is 9. The van der Waals surface area contributed by atoms with Crippen LogP contribution in [0.4, 0.5) is 16.7 Å². The maximum absolute atomic E-state index is 14.9. The van der Waals surface area contributed by atoms with Gasteiger partial charge in [0.1, 0.15) is 30.5 Å². The highest BCUT2D eigenvalue weighted by atomic mass is 16.6. The summed E-state index contributed by atoms with van der Waals surface area (Å²) in [5.74, 6) is -6.55. The molecule has 26 heteroatoms. The molecular weight excluding hydrogens is 1300 g/mol. The van der Waals surface area contributed by atoms with Gasteiger partial charge >= 0.3 is 12.1 Å². The number of piperazine rings is 2. The van der Waals surface area contributed by atoms with Crippen molar-refractivity contribution in [2.45, 2.75) is 206 Å². The largest absolute Gasteiger partial charge is 0.460 e. The van der Waals surface area contributed by atoms with Crippen molar-refractivity contribution in [3.8, 4) is 0 Å². The van der Waals surface area contributed by atoms with E-state index in [9.17, 15) is 44.1 Å². The van der Waals surface area contributed by atoms with Crippen LogP contribution < -0.4 is 15.1 Å². The molecule has 8 rings (SSSR count). The molecule has 2 aromatic heterocycles. The van der Waals surface area contributed by atoms with Crippen LogP contribution in [0.15, 0.2) is 72.4 Å². The number of rotatable bonds is 17. The van der Waals surface area contributed by atoms with Crippen molar-refractivity contribution in [1.82, 2.24) is 40.0 Å². The van der Waals surface area contributed by atoms with Crippen LogP contribution >= 0.6 is 0 Å². The monoisotopic (exact) mass is 1410 g/mol. The average molecular weight is 1410 g/mol. The first-order valence-corrected chi connectivity index (χ1v) is 36.7. The number of amides is 3. The maximum Gasteiger partial charge on any atom is 0.407 e. The number of hydrogen-bond donors (Lipinski definition) is 4. The van der Waals surface area contributed by atoms with E-state index in [2.05, 4.69) is 35.1 Å². The number of methoxy groups -OCH3 is 3.